The van der Waals surface area contributed by atoms with Gasteiger partial charge in [-0.3, -0.25) is 4.79 Å². The monoisotopic (exact) mass is 446 g/mol. The summed E-state index contributed by atoms with van der Waals surface area (Å²) in [6.45, 7) is 10.9. The van der Waals surface area contributed by atoms with Crippen molar-refractivity contribution in [2.24, 2.45) is 50.7 Å². The summed E-state index contributed by atoms with van der Waals surface area (Å²) in [4.78, 5) is 22.5. The maximum absolute atomic E-state index is 12.2. The van der Waals surface area contributed by atoms with Gasteiger partial charge in [0.25, 0.3) is 0 Å². The molecule has 0 N–H and O–H groups in total. The number of hydrogen-bond donors (Lipinski definition) is 0. The number of ether oxygens (including phenoxy) is 1. The van der Waals surface area contributed by atoms with Crippen LogP contribution in [0.15, 0.2) is 10.3 Å². The van der Waals surface area contributed by atoms with Crippen LogP contribution in [0.5, 0.6) is 0 Å². The lowest BCUT2D eigenvalue weighted by molar-refractivity contribution is -0.174. The van der Waals surface area contributed by atoms with Gasteiger partial charge in [0.05, 0.1) is 11.4 Å². The summed E-state index contributed by atoms with van der Waals surface area (Å²) < 4.78 is 6.19. The van der Waals surface area contributed by atoms with Gasteiger partial charge in [-0.15, -0.1) is 0 Å². The second-order valence-corrected chi connectivity index (χ2v) is 11.5. The largest absolute Gasteiger partial charge is 0.452 e. The lowest BCUT2D eigenvalue weighted by Crippen LogP contribution is -2.60. The number of carbonyl (C=O) groups is 1. The Bertz CT molecular complexity index is 810. The minimum atomic E-state index is -0.656. The molecule has 0 aromatic heterocycles. The van der Waals surface area contributed by atoms with Crippen molar-refractivity contribution in [3.63, 3.8) is 0 Å². The van der Waals surface area contributed by atoms with Crippen LogP contribution in [0, 0.1) is 40.4 Å². The molecule has 4 saturated carbocycles. The van der Waals surface area contributed by atoms with Crippen molar-refractivity contribution in [3.8, 4) is 0 Å². The molecule has 4 rings (SSSR count). The second-order valence-electron chi connectivity index (χ2n) is 11.5. The molecule has 0 aromatic rings. The van der Waals surface area contributed by atoms with Crippen molar-refractivity contribution in [2.45, 2.75) is 91.6 Å². The smallest absolute Gasteiger partial charge is 0.303 e. The van der Waals surface area contributed by atoms with Gasteiger partial charge in [-0.25, -0.2) is 0 Å². The van der Waals surface area contributed by atoms with Gasteiger partial charge in [0.2, 0.25) is 0 Å². The van der Waals surface area contributed by atoms with Crippen LogP contribution < -0.4 is 0 Å². The second kappa shape index (κ2) is 8.32. The van der Waals surface area contributed by atoms with E-state index in [1.807, 2.05) is 6.92 Å². The summed E-state index contributed by atoms with van der Waals surface area (Å²) >= 11 is 0. The number of oxime groups is 2. The fourth-order valence-corrected chi connectivity index (χ4v) is 9.03. The molecule has 0 bridgehead atoms. The molecule has 6 nitrogen and oxygen atoms in total. The highest BCUT2D eigenvalue weighted by molar-refractivity contribution is 5.93. The Balaban J connectivity index is 1.68. The molecule has 6 heteroatoms. The average Bonchev–Trinajstić information content (AvgIpc) is 3.02. The Hall–Kier alpha value is -1.59. The van der Waals surface area contributed by atoms with Crippen LogP contribution in [0.4, 0.5) is 0 Å². The summed E-state index contributed by atoms with van der Waals surface area (Å²) in [6.07, 6.45) is 8.77. The van der Waals surface area contributed by atoms with E-state index in [9.17, 15) is 4.79 Å². The molecular formula is C26H42N2O4. The molecule has 0 heterocycles. The number of fused-ring (bicyclic) bond motifs is 5. The number of esters is 1. The summed E-state index contributed by atoms with van der Waals surface area (Å²) in [5, 5.41) is 8.64. The molecule has 0 amide bonds. The first-order valence-electron chi connectivity index (χ1n) is 12.5. The van der Waals surface area contributed by atoms with Gasteiger partial charge in [-0.05, 0) is 93.3 Å². The third-order valence-electron chi connectivity index (χ3n) is 10.3. The Morgan fingerprint density at radius 3 is 2.38 bits per heavy atom. The summed E-state index contributed by atoms with van der Waals surface area (Å²) in [6, 6.07) is 0. The third-order valence-corrected chi connectivity index (χ3v) is 10.3. The van der Waals surface area contributed by atoms with E-state index in [2.05, 4.69) is 31.1 Å². The molecule has 0 radical (unpaired) electrons. The Labute approximate surface area is 193 Å². The molecule has 4 aliphatic carbocycles. The molecule has 4 aliphatic rings. The van der Waals surface area contributed by atoms with Gasteiger partial charge in [0, 0.05) is 12.3 Å². The van der Waals surface area contributed by atoms with E-state index >= 15 is 0 Å². The minimum absolute atomic E-state index is 0.105. The quantitative estimate of drug-likeness (QED) is 0.320. The zero-order valence-electron chi connectivity index (χ0n) is 21.1. The number of nitrogens with zero attached hydrogens (tertiary/aromatic N) is 2. The van der Waals surface area contributed by atoms with Gasteiger partial charge in [0.15, 0.2) is 5.60 Å². The lowest BCUT2D eigenvalue weighted by Gasteiger charge is -2.63. The zero-order chi connectivity index (χ0) is 23.3. The van der Waals surface area contributed by atoms with Crippen molar-refractivity contribution in [1.29, 1.82) is 0 Å². The topological polar surface area (TPSA) is 69.5 Å². The first-order chi connectivity index (χ1) is 15.1. The highest BCUT2D eigenvalue weighted by Gasteiger charge is 2.68. The molecule has 4 fully saturated rings. The molecule has 0 aromatic carbocycles. The number of rotatable bonds is 4. The Morgan fingerprint density at radius 2 is 1.72 bits per heavy atom. The first kappa shape index (κ1) is 23.6. The predicted octanol–water partition coefficient (Wildman–Crippen LogP) is 5.60. The van der Waals surface area contributed by atoms with Gasteiger partial charge in [-0.1, -0.05) is 31.1 Å². The fourth-order valence-electron chi connectivity index (χ4n) is 9.03. The fraction of sp³-hybridized carbons (Fsp3) is 0.885. The van der Waals surface area contributed by atoms with Crippen LogP contribution in [0.3, 0.4) is 0 Å². The van der Waals surface area contributed by atoms with Crippen molar-refractivity contribution in [1.82, 2.24) is 0 Å². The number of carbonyl (C=O) groups excluding carboxylic acids is 1. The third kappa shape index (κ3) is 3.30. The summed E-state index contributed by atoms with van der Waals surface area (Å²) in [5.41, 5.74) is 1.63. The predicted molar refractivity (Wildman–Crippen MR) is 125 cm³/mol. The molecule has 0 spiro atoms. The van der Waals surface area contributed by atoms with Crippen molar-refractivity contribution in [2.75, 3.05) is 14.2 Å². The van der Waals surface area contributed by atoms with Crippen LogP contribution >= 0.6 is 0 Å². The maximum atomic E-state index is 12.2. The van der Waals surface area contributed by atoms with Crippen LogP contribution in [-0.4, -0.2) is 37.2 Å². The first-order valence-corrected chi connectivity index (χ1v) is 12.5. The molecule has 180 valence electrons. The molecule has 32 heavy (non-hydrogen) atoms. The molecule has 2 unspecified atom stereocenters. The van der Waals surface area contributed by atoms with E-state index in [0.29, 0.717) is 29.1 Å². The van der Waals surface area contributed by atoms with Crippen LogP contribution in [-0.2, 0) is 19.2 Å². The van der Waals surface area contributed by atoms with Gasteiger partial charge < -0.3 is 14.4 Å². The van der Waals surface area contributed by atoms with E-state index in [4.69, 9.17) is 14.4 Å². The number of hydrogen-bond acceptors (Lipinski definition) is 6. The minimum Gasteiger partial charge on any atom is -0.452 e. The molecular weight excluding hydrogens is 404 g/mol. The van der Waals surface area contributed by atoms with Gasteiger partial charge >= 0.3 is 5.97 Å². The van der Waals surface area contributed by atoms with Crippen LogP contribution in [0.2, 0.25) is 0 Å². The van der Waals surface area contributed by atoms with Crippen molar-refractivity contribution in [3.05, 3.63) is 0 Å². The molecule has 0 aliphatic heterocycles. The van der Waals surface area contributed by atoms with Gasteiger partial charge in [-0.2, -0.15) is 0 Å². The van der Waals surface area contributed by atoms with E-state index in [-0.39, 0.29) is 11.4 Å². The lowest BCUT2D eigenvalue weighted by atomic mass is 9.42. The SMILES string of the molecule is CO/N=C1/CC[C@@]2(C)C(C1)C(C)C[C@@H]1[C@@H]2CC[C@@]2(C)[C@H]1CC[C@]2(OC(C)=O)/C(C)=N\OC. The maximum Gasteiger partial charge on any atom is 0.303 e. The van der Waals surface area contributed by atoms with E-state index in [0.717, 1.165) is 43.7 Å². The Morgan fingerprint density at radius 1 is 1.00 bits per heavy atom. The van der Waals surface area contributed by atoms with E-state index in [1.54, 1.807) is 14.2 Å². The van der Waals surface area contributed by atoms with Crippen LogP contribution in [0.1, 0.15) is 86.0 Å². The van der Waals surface area contributed by atoms with E-state index in [1.165, 1.54) is 31.9 Å². The average molecular weight is 447 g/mol. The molecule has 8 atom stereocenters. The highest BCUT2D eigenvalue weighted by Crippen LogP contribution is 2.69. The highest BCUT2D eigenvalue weighted by atomic mass is 16.6. The standard InChI is InChI=1S/C26H42N2O4/c1-16-14-20-21(24(4)11-8-19(28-31-7)15-23(16)24)9-12-25(5)22(20)10-13-26(25,32-18(3)29)17(2)27-30-6/h16,20-23H,8-15H2,1-7H3/b27-17-,28-19-/t16?,20-,21+,22+,23?,24-,25+,26+/m1/s1. The normalized spacial score (nSPS) is 47.3. The summed E-state index contributed by atoms with van der Waals surface area (Å²) in [7, 11) is 3.23. The Kier molecular flexibility index (Phi) is 6.13. The van der Waals surface area contributed by atoms with E-state index < -0.39 is 5.60 Å². The van der Waals surface area contributed by atoms with Crippen LogP contribution in [0.25, 0.3) is 0 Å². The van der Waals surface area contributed by atoms with Crippen molar-refractivity contribution < 1.29 is 19.2 Å². The van der Waals surface area contributed by atoms with Crippen molar-refractivity contribution >= 4 is 17.4 Å². The summed E-state index contributed by atoms with van der Waals surface area (Å²) in [5.74, 6) is 3.03. The zero-order valence-corrected chi connectivity index (χ0v) is 21.1. The molecule has 0 saturated heterocycles. The van der Waals surface area contributed by atoms with Gasteiger partial charge in [0.1, 0.15) is 14.2 Å².